The molecule has 0 saturated carbocycles. The molecule has 11 nitrogen and oxygen atoms in total. The molecular formula is C21H30N6O5. The van der Waals surface area contributed by atoms with Crippen LogP contribution in [-0.4, -0.2) is 85.6 Å². The SMILES string of the molecule is Cc1[nH]cnc1CN(CCN(C)C)C(=O)CCn1cnc2ccccc21.O=CO.O=CO. The van der Waals surface area contributed by atoms with Crippen LogP contribution in [0.1, 0.15) is 17.8 Å². The summed E-state index contributed by atoms with van der Waals surface area (Å²) in [4.78, 5) is 45.4. The van der Waals surface area contributed by atoms with Crippen molar-refractivity contribution >= 4 is 29.9 Å². The Hall–Kier alpha value is -3.73. The van der Waals surface area contributed by atoms with Crippen LogP contribution in [0.2, 0.25) is 0 Å². The number of nitrogens with one attached hydrogen (secondary N) is 1. The summed E-state index contributed by atoms with van der Waals surface area (Å²) in [7, 11) is 4.03. The number of hydrogen-bond donors (Lipinski definition) is 3. The molecule has 2 aromatic heterocycles. The van der Waals surface area contributed by atoms with Gasteiger partial charge in [0.1, 0.15) is 0 Å². The van der Waals surface area contributed by atoms with Gasteiger partial charge in [0.05, 0.1) is 35.9 Å². The first kappa shape index (κ1) is 26.3. The van der Waals surface area contributed by atoms with E-state index in [0.29, 0.717) is 26.1 Å². The molecule has 0 bridgehead atoms. The third kappa shape index (κ3) is 8.56. The molecule has 0 atom stereocenters. The molecule has 0 radical (unpaired) electrons. The van der Waals surface area contributed by atoms with Crippen molar-refractivity contribution in [3.63, 3.8) is 0 Å². The van der Waals surface area contributed by atoms with Gasteiger partial charge < -0.3 is 29.6 Å². The van der Waals surface area contributed by atoms with E-state index in [1.807, 2.05) is 54.8 Å². The van der Waals surface area contributed by atoms with Crippen LogP contribution in [-0.2, 0) is 27.5 Å². The number of aryl methyl sites for hydroxylation is 2. The van der Waals surface area contributed by atoms with Gasteiger partial charge in [-0.05, 0) is 33.2 Å². The lowest BCUT2D eigenvalue weighted by Crippen LogP contribution is -2.36. The summed E-state index contributed by atoms with van der Waals surface area (Å²) < 4.78 is 2.04. The number of carboxylic acid groups (broad SMARTS) is 2. The van der Waals surface area contributed by atoms with Crippen LogP contribution in [0.5, 0.6) is 0 Å². The van der Waals surface area contributed by atoms with Gasteiger partial charge in [-0.3, -0.25) is 14.4 Å². The number of aromatic nitrogens is 4. The Labute approximate surface area is 186 Å². The van der Waals surface area contributed by atoms with Crippen LogP contribution >= 0.6 is 0 Å². The van der Waals surface area contributed by atoms with Gasteiger partial charge in [-0.1, -0.05) is 12.1 Å². The van der Waals surface area contributed by atoms with E-state index < -0.39 is 0 Å². The molecule has 174 valence electrons. The summed E-state index contributed by atoms with van der Waals surface area (Å²) in [6, 6.07) is 7.98. The Balaban J connectivity index is 0.000000769. The predicted molar refractivity (Wildman–Crippen MR) is 119 cm³/mol. The van der Waals surface area contributed by atoms with E-state index in [2.05, 4.69) is 19.9 Å². The van der Waals surface area contributed by atoms with Crippen molar-refractivity contribution in [3.8, 4) is 0 Å². The maximum atomic E-state index is 12.9. The lowest BCUT2D eigenvalue weighted by Gasteiger charge is -2.24. The minimum atomic E-state index is -0.250. The molecule has 0 unspecified atom stereocenters. The standard InChI is InChI=1S/C19H26N6O.2CH2O2/c1-15-17(21-13-20-15)12-24(11-10-23(2)3)19(26)8-9-25-14-22-16-6-4-5-7-18(16)25;2*2-1-3/h4-7,13-14H,8-12H2,1-3H3,(H,20,21);2*1H,(H,2,3). The number of amides is 1. The second-order valence-corrected chi connectivity index (χ2v) is 6.98. The maximum Gasteiger partial charge on any atom is 0.290 e. The van der Waals surface area contributed by atoms with Crippen LogP contribution in [0.3, 0.4) is 0 Å². The zero-order valence-corrected chi connectivity index (χ0v) is 18.5. The molecule has 3 N–H and O–H groups in total. The summed E-state index contributed by atoms with van der Waals surface area (Å²) in [5, 5.41) is 13.8. The van der Waals surface area contributed by atoms with E-state index in [-0.39, 0.29) is 18.9 Å². The minimum Gasteiger partial charge on any atom is -0.483 e. The van der Waals surface area contributed by atoms with Gasteiger partial charge in [0, 0.05) is 31.7 Å². The lowest BCUT2D eigenvalue weighted by molar-refractivity contribution is -0.132. The zero-order chi connectivity index (χ0) is 23.9. The van der Waals surface area contributed by atoms with Crippen LogP contribution in [0.4, 0.5) is 0 Å². The van der Waals surface area contributed by atoms with E-state index >= 15 is 0 Å². The van der Waals surface area contributed by atoms with Gasteiger partial charge in [0.15, 0.2) is 0 Å². The minimum absolute atomic E-state index is 0.132. The molecule has 3 aromatic rings. The molecule has 3 rings (SSSR count). The molecule has 0 aliphatic carbocycles. The Kier molecular flexibility index (Phi) is 11.8. The van der Waals surface area contributed by atoms with Crippen LogP contribution in [0, 0.1) is 6.92 Å². The van der Waals surface area contributed by atoms with Crippen molar-refractivity contribution in [1.29, 1.82) is 0 Å². The third-order valence-electron chi connectivity index (χ3n) is 4.54. The molecule has 0 saturated heterocycles. The van der Waals surface area contributed by atoms with Crippen molar-refractivity contribution in [2.45, 2.75) is 26.4 Å². The number of benzene rings is 1. The molecule has 11 heteroatoms. The number of nitrogens with zero attached hydrogens (tertiary/aromatic N) is 5. The van der Waals surface area contributed by atoms with Crippen LogP contribution in [0.15, 0.2) is 36.9 Å². The van der Waals surface area contributed by atoms with Crippen LogP contribution in [0.25, 0.3) is 11.0 Å². The van der Waals surface area contributed by atoms with E-state index in [0.717, 1.165) is 29.0 Å². The van der Waals surface area contributed by atoms with E-state index in [9.17, 15) is 4.79 Å². The topological polar surface area (TPSA) is 145 Å². The highest BCUT2D eigenvalue weighted by Gasteiger charge is 2.17. The first-order valence-electron chi connectivity index (χ1n) is 9.84. The fourth-order valence-electron chi connectivity index (χ4n) is 2.90. The van der Waals surface area contributed by atoms with Crippen molar-refractivity contribution in [1.82, 2.24) is 29.3 Å². The number of rotatable bonds is 8. The number of imidazole rings is 2. The molecule has 2 heterocycles. The highest BCUT2D eigenvalue weighted by atomic mass is 16.3. The van der Waals surface area contributed by atoms with Gasteiger partial charge in [0.2, 0.25) is 5.91 Å². The van der Waals surface area contributed by atoms with E-state index in [1.54, 1.807) is 12.7 Å². The molecule has 32 heavy (non-hydrogen) atoms. The normalized spacial score (nSPS) is 10.0. The van der Waals surface area contributed by atoms with Crippen LogP contribution < -0.4 is 0 Å². The van der Waals surface area contributed by atoms with Gasteiger partial charge in [-0.25, -0.2) is 9.97 Å². The van der Waals surface area contributed by atoms with Gasteiger partial charge >= 0.3 is 0 Å². The Morgan fingerprint density at radius 1 is 1.12 bits per heavy atom. The van der Waals surface area contributed by atoms with Crippen molar-refractivity contribution in [2.75, 3.05) is 27.2 Å². The number of likely N-dealkylation sites (N-methyl/N-ethyl adjacent to an activating group) is 1. The Morgan fingerprint density at radius 2 is 1.78 bits per heavy atom. The molecule has 0 aliphatic heterocycles. The number of carbonyl (C=O) groups is 3. The summed E-state index contributed by atoms with van der Waals surface area (Å²) in [5.74, 6) is 0.132. The summed E-state index contributed by atoms with van der Waals surface area (Å²) >= 11 is 0. The highest BCUT2D eigenvalue weighted by Crippen LogP contribution is 2.13. The van der Waals surface area contributed by atoms with Gasteiger partial charge in [-0.2, -0.15) is 0 Å². The number of aromatic amines is 1. The average Bonchev–Trinajstić information content (AvgIpc) is 3.36. The Bertz CT molecular complexity index is 962. The van der Waals surface area contributed by atoms with Gasteiger partial charge in [0.25, 0.3) is 12.9 Å². The van der Waals surface area contributed by atoms with Crippen molar-refractivity contribution in [3.05, 3.63) is 48.3 Å². The molecule has 0 fully saturated rings. The largest absolute Gasteiger partial charge is 0.483 e. The molecular weight excluding hydrogens is 416 g/mol. The number of fused-ring (bicyclic) bond motifs is 1. The number of H-pyrrole nitrogens is 1. The van der Waals surface area contributed by atoms with Gasteiger partial charge in [-0.15, -0.1) is 0 Å². The van der Waals surface area contributed by atoms with E-state index in [4.69, 9.17) is 19.8 Å². The maximum absolute atomic E-state index is 12.9. The second kappa shape index (κ2) is 14.3. The smallest absolute Gasteiger partial charge is 0.290 e. The quantitative estimate of drug-likeness (QED) is 0.441. The second-order valence-electron chi connectivity index (χ2n) is 6.98. The molecule has 0 aliphatic rings. The first-order valence-corrected chi connectivity index (χ1v) is 9.84. The molecule has 1 aromatic carbocycles. The first-order chi connectivity index (χ1) is 15.4. The highest BCUT2D eigenvalue weighted by molar-refractivity contribution is 5.77. The Morgan fingerprint density at radius 3 is 2.38 bits per heavy atom. The fraction of sp³-hybridized carbons (Fsp3) is 0.381. The fourth-order valence-corrected chi connectivity index (χ4v) is 2.90. The number of hydrogen-bond acceptors (Lipinski definition) is 6. The summed E-state index contributed by atoms with van der Waals surface area (Å²) in [6.45, 7) is 4.14. The molecule has 0 spiro atoms. The third-order valence-corrected chi connectivity index (χ3v) is 4.54. The summed E-state index contributed by atoms with van der Waals surface area (Å²) in [5.41, 5.74) is 3.94. The monoisotopic (exact) mass is 446 g/mol. The number of carbonyl (C=O) groups excluding carboxylic acids is 1. The lowest BCUT2D eigenvalue weighted by atomic mass is 10.2. The summed E-state index contributed by atoms with van der Waals surface area (Å²) in [6.07, 6.45) is 3.92. The van der Waals surface area contributed by atoms with Crippen molar-refractivity contribution in [2.24, 2.45) is 0 Å². The van der Waals surface area contributed by atoms with E-state index in [1.165, 1.54) is 0 Å². The predicted octanol–water partition coefficient (Wildman–Crippen LogP) is 1.45. The number of para-hydroxylation sites is 2. The molecule has 1 amide bonds. The zero-order valence-electron chi connectivity index (χ0n) is 18.5. The van der Waals surface area contributed by atoms with Crippen molar-refractivity contribution < 1.29 is 24.6 Å². The average molecular weight is 447 g/mol.